The maximum absolute atomic E-state index is 13.2. The van der Waals surface area contributed by atoms with Crippen LogP contribution in [-0.4, -0.2) is 0 Å². The van der Waals surface area contributed by atoms with Crippen LogP contribution in [-0.2, 0) is 6.42 Å². The third-order valence-corrected chi connectivity index (χ3v) is 2.79. The van der Waals surface area contributed by atoms with Crippen molar-refractivity contribution in [3.63, 3.8) is 0 Å². The number of hydrogen-bond acceptors (Lipinski definition) is 1. The number of benzene rings is 1. The summed E-state index contributed by atoms with van der Waals surface area (Å²) in [6.07, 6.45) is 0.699. The van der Waals surface area contributed by atoms with Crippen molar-refractivity contribution in [1.82, 2.24) is 0 Å². The summed E-state index contributed by atoms with van der Waals surface area (Å²) >= 11 is 8.88. The number of halogens is 3. The Hall–Kier alpha value is -0.590. The van der Waals surface area contributed by atoms with Crippen LogP contribution in [0, 0.1) is 17.1 Å². The molecule has 0 heterocycles. The molecule has 0 spiro atoms. The second kappa shape index (κ2) is 4.59. The van der Waals surface area contributed by atoms with Gasteiger partial charge in [0.2, 0.25) is 0 Å². The number of nitrogens with zero attached hydrogens (tertiary/aromatic N) is 1. The fourth-order valence-electron chi connectivity index (χ4n) is 0.946. The Kier molecular flexibility index (Phi) is 3.71. The minimum absolute atomic E-state index is 0.300. The van der Waals surface area contributed by atoms with Crippen molar-refractivity contribution in [2.45, 2.75) is 12.8 Å². The third-order valence-electron chi connectivity index (χ3n) is 1.60. The van der Waals surface area contributed by atoms with Crippen LogP contribution in [0.2, 0.25) is 5.02 Å². The highest BCUT2D eigenvalue weighted by Gasteiger charge is 2.06. The van der Waals surface area contributed by atoms with Gasteiger partial charge in [0.25, 0.3) is 0 Å². The molecule has 0 N–H and O–H groups in total. The molecule has 1 rings (SSSR count). The minimum atomic E-state index is -0.327. The Bertz CT molecular complexity index is 359. The molecule has 1 aromatic carbocycles. The van der Waals surface area contributed by atoms with Gasteiger partial charge < -0.3 is 0 Å². The first-order valence-corrected chi connectivity index (χ1v) is 4.82. The molecule has 0 aliphatic heterocycles. The topological polar surface area (TPSA) is 23.8 Å². The SMILES string of the molecule is N#CCCc1cc(Cl)c(Br)cc1F. The van der Waals surface area contributed by atoms with Crippen molar-refractivity contribution in [2.75, 3.05) is 0 Å². The number of aryl methyl sites for hydroxylation is 1. The highest BCUT2D eigenvalue weighted by molar-refractivity contribution is 9.10. The van der Waals surface area contributed by atoms with Crippen molar-refractivity contribution in [1.29, 1.82) is 5.26 Å². The smallest absolute Gasteiger partial charge is 0.127 e. The minimum Gasteiger partial charge on any atom is -0.207 e. The maximum atomic E-state index is 13.2. The molecule has 0 amide bonds. The van der Waals surface area contributed by atoms with Gasteiger partial charge in [-0.2, -0.15) is 5.26 Å². The molecule has 0 atom stereocenters. The van der Waals surface area contributed by atoms with E-state index in [0.29, 0.717) is 27.9 Å². The molecule has 0 aromatic heterocycles. The summed E-state index contributed by atoms with van der Waals surface area (Å²) in [7, 11) is 0. The fourth-order valence-corrected chi connectivity index (χ4v) is 1.45. The van der Waals surface area contributed by atoms with Gasteiger partial charge >= 0.3 is 0 Å². The van der Waals surface area contributed by atoms with Gasteiger partial charge in [-0.1, -0.05) is 11.6 Å². The van der Waals surface area contributed by atoms with E-state index in [9.17, 15) is 4.39 Å². The summed E-state index contributed by atoms with van der Waals surface area (Å²) in [6.45, 7) is 0. The first kappa shape index (κ1) is 10.5. The molecule has 0 saturated heterocycles. The van der Waals surface area contributed by atoms with Crippen LogP contribution in [0.3, 0.4) is 0 Å². The lowest BCUT2D eigenvalue weighted by atomic mass is 10.1. The predicted molar refractivity (Wildman–Crippen MR) is 53.0 cm³/mol. The zero-order valence-corrected chi connectivity index (χ0v) is 8.99. The molecule has 0 radical (unpaired) electrons. The lowest BCUT2D eigenvalue weighted by molar-refractivity contribution is 0.609. The van der Waals surface area contributed by atoms with Crippen molar-refractivity contribution in [3.05, 3.63) is 33.0 Å². The number of hydrogen-bond donors (Lipinski definition) is 0. The third kappa shape index (κ3) is 2.68. The van der Waals surface area contributed by atoms with Gasteiger partial charge in [0.15, 0.2) is 0 Å². The molecular formula is C9H6BrClFN. The molecule has 68 valence electrons. The molecule has 1 aromatic rings. The van der Waals surface area contributed by atoms with Gasteiger partial charge in [-0.25, -0.2) is 4.39 Å². The van der Waals surface area contributed by atoms with E-state index < -0.39 is 0 Å². The largest absolute Gasteiger partial charge is 0.207 e. The zero-order chi connectivity index (χ0) is 9.84. The standard InChI is InChI=1S/C9H6BrClFN/c10-7-5-9(12)6(2-1-3-13)4-8(7)11/h4-5H,1-2H2. The fraction of sp³-hybridized carbons (Fsp3) is 0.222. The Balaban J connectivity index is 2.96. The van der Waals surface area contributed by atoms with Crippen LogP contribution in [0.1, 0.15) is 12.0 Å². The molecule has 0 aliphatic rings. The lowest BCUT2D eigenvalue weighted by Gasteiger charge is -2.02. The Morgan fingerprint density at radius 2 is 2.23 bits per heavy atom. The predicted octanol–water partition coefficient (Wildman–Crippen LogP) is 3.70. The van der Waals surface area contributed by atoms with Gasteiger partial charge in [-0.05, 0) is 40.0 Å². The first-order valence-electron chi connectivity index (χ1n) is 3.65. The summed E-state index contributed by atoms with van der Waals surface area (Å²) < 4.78 is 13.7. The summed E-state index contributed by atoms with van der Waals surface area (Å²) in [6, 6.07) is 4.81. The Morgan fingerprint density at radius 1 is 1.54 bits per heavy atom. The van der Waals surface area contributed by atoms with Crippen molar-refractivity contribution in [2.24, 2.45) is 0 Å². The number of nitriles is 1. The highest BCUT2D eigenvalue weighted by atomic mass is 79.9. The van der Waals surface area contributed by atoms with E-state index in [4.69, 9.17) is 16.9 Å². The quantitative estimate of drug-likeness (QED) is 0.746. The second-order valence-corrected chi connectivity index (χ2v) is 3.78. The van der Waals surface area contributed by atoms with Crippen LogP contribution in [0.15, 0.2) is 16.6 Å². The molecule has 1 nitrogen and oxygen atoms in total. The van der Waals surface area contributed by atoms with E-state index in [2.05, 4.69) is 15.9 Å². The van der Waals surface area contributed by atoms with Gasteiger partial charge in [0, 0.05) is 10.9 Å². The average Bonchev–Trinajstić information content (AvgIpc) is 2.09. The van der Waals surface area contributed by atoms with Crippen molar-refractivity contribution >= 4 is 27.5 Å². The van der Waals surface area contributed by atoms with Crippen LogP contribution in [0.5, 0.6) is 0 Å². The molecule has 13 heavy (non-hydrogen) atoms. The van der Waals surface area contributed by atoms with Crippen LogP contribution in [0.4, 0.5) is 4.39 Å². The van der Waals surface area contributed by atoms with Crippen LogP contribution in [0.25, 0.3) is 0 Å². The van der Waals surface area contributed by atoms with Gasteiger partial charge in [0.05, 0.1) is 11.1 Å². The molecule has 0 aliphatic carbocycles. The zero-order valence-electron chi connectivity index (χ0n) is 6.65. The van der Waals surface area contributed by atoms with Gasteiger partial charge in [-0.3, -0.25) is 0 Å². The molecular weight excluding hydrogens is 256 g/mol. The first-order chi connectivity index (χ1) is 6.15. The summed E-state index contributed by atoms with van der Waals surface area (Å²) in [5, 5.41) is 8.79. The summed E-state index contributed by atoms with van der Waals surface area (Å²) in [5.74, 6) is -0.327. The second-order valence-electron chi connectivity index (χ2n) is 2.52. The Labute approximate surface area is 89.3 Å². The lowest BCUT2D eigenvalue weighted by Crippen LogP contribution is -1.90. The Morgan fingerprint density at radius 3 is 2.85 bits per heavy atom. The number of rotatable bonds is 2. The molecule has 0 bridgehead atoms. The van der Waals surface area contributed by atoms with Gasteiger partial charge in [0.1, 0.15) is 5.82 Å². The van der Waals surface area contributed by atoms with E-state index in [1.807, 2.05) is 6.07 Å². The van der Waals surface area contributed by atoms with Gasteiger partial charge in [-0.15, -0.1) is 0 Å². The average molecular weight is 263 g/mol. The monoisotopic (exact) mass is 261 g/mol. The summed E-state index contributed by atoms with van der Waals surface area (Å²) in [5.41, 5.74) is 0.481. The molecule has 0 unspecified atom stereocenters. The van der Waals surface area contributed by atoms with Crippen LogP contribution < -0.4 is 0 Å². The highest BCUT2D eigenvalue weighted by Crippen LogP contribution is 2.26. The van der Waals surface area contributed by atoms with E-state index >= 15 is 0 Å². The van der Waals surface area contributed by atoms with Crippen LogP contribution >= 0.6 is 27.5 Å². The molecule has 0 saturated carbocycles. The maximum Gasteiger partial charge on any atom is 0.127 e. The van der Waals surface area contributed by atoms with Crippen molar-refractivity contribution in [3.8, 4) is 6.07 Å². The van der Waals surface area contributed by atoms with E-state index in [1.165, 1.54) is 12.1 Å². The molecule has 0 fully saturated rings. The summed E-state index contributed by atoms with van der Waals surface area (Å²) in [4.78, 5) is 0. The van der Waals surface area contributed by atoms with E-state index in [1.54, 1.807) is 0 Å². The molecule has 4 heteroatoms. The van der Waals surface area contributed by atoms with E-state index in [-0.39, 0.29) is 5.82 Å². The normalized spacial score (nSPS) is 9.69. The van der Waals surface area contributed by atoms with Crippen molar-refractivity contribution < 1.29 is 4.39 Å². The van der Waals surface area contributed by atoms with E-state index in [0.717, 1.165) is 0 Å².